The number of benzene rings is 4. The van der Waals surface area contributed by atoms with Crippen LogP contribution in [0.25, 0.3) is 0 Å². The number of hydrogen-bond acceptors (Lipinski definition) is 6. The Morgan fingerprint density at radius 1 is 0.863 bits per heavy atom. The van der Waals surface area contributed by atoms with Crippen LogP contribution in [0.5, 0.6) is 5.75 Å². The van der Waals surface area contributed by atoms with Crippen molar-refractivity contribution in [3.05, 3.63) is 136 Å². The van der Waals surface area contributed by atoms with Crippen molar-refractivity contribution >= 4 is 46.6 Å². The molecule has 2 saturated heterocycles. The largest absolute Gasteiger partial charge is 0.505 e. The molecule has 1 saturated carbocycles. The first-order valence-corrected chi connectivity index (χ1v) is 17.2. The van der Waals surface area contributed by atoms with Crippen molar-refractivity contribution in [3.63, 3.8) is 0 Å². The molecular formula is C40H32ClF2N3O5. The Kier molecular flexibility index (Phi) is 7.83. The van der Waals surface area contributed by atoms with Gasteiger partial charge in [0.25, 0.3) is 11.8 Å². The quantitative estimate of drug-likeness (QED) is 0.164. The third-order valence-electron chi connectivity index (χ3n) is 11.2. The molecule has 2 N–H and O–H groups in total. The summed E-state index contributed by atoms with van der Waals surface area (Å²) in [5, 5.41) is 12.6. The highest BCUT2D eigenvalue weighted by molar-refractivity contribution is 6.30. The van der Waals surface area contributed by atoms with Gasteiger partial charge in [-0.3, -0.25) is 29.5 Å². The lowest BCUT2D eigenvalue weighted by atomic mass is 9.49. The maximum atomic E-state index is 15.3. The van der Waals surface area contributed by atoms with Crippen LogP contribution in [-0.4, -0.2) is 33.7 Å². The number of carbonyl (C=O) groups is 4. The van der Waals surface area contributed by atoms with E-state index in [4.69, 9.17) is 11.6 Å². The number of halogens is 3. The summed E-state index contributed by atoms with van der Waals surface area (Å²) in [6, 6.07) is 22.9. The highest BCUT2D eigenvalue weighted by Gasteiger charge is 2.70. The van der Waals surface area contributed by atoms with Crippen molar-refractivity contribution in [2.45, 2.75) is 37.5 Å². The number of fused-ring (bicyclic) bond motifs is 4. The van der Waals surface area contributed by atoms with Crippen LogP contribution in [0, 0.1) is 35.3 Å². The predicted molar refractivity (Wildman–Crippen MR) is 185 cm³/mol. The second-order valence-electron chi connectivity index (χ2n) is 13.6. The van der Waals surface area contributed by atoms with E-state index in [1.807, 2.05) is 25.1 Å². The van der Waals surface area contributed by atoms with Crippen molar-refractivity contribution in [2.24, 2.45) is 23.7 Å². The van der Waals surface area contributed by atoms with Crippen LogP contribution < -0.4 is 10.3 Å². The number of nitrogens with one attached hydrogen (secondary N) is 1. The number of anilines is 2. The monoisotopic (exact) mass is 707 g/mol. The van der Waals surface area contributed by atoms with E-state index in [0.29, 0.717) is 21.8 Å². The Morgan fingerprint density at radius 3 is 2.25 bits per heavy atom. The number of allylic oxidation sites excluding steroid dienone is 2. The zero-order valence-electron chi connectivity index (χ0n) is 27.4. The second-order valence-corrected chi connectivity index (χ2v) is 14.0. The number of nitrogens with zero attached hydrogens (tertiary/aromatic N) is 2. The SMILES string of the molecule is CCc1ccc(N2C(=O)[C@H]3[C@H](CC=C4[C@H]3C[C@H]3C(=O)N(Nc5ccc(F)cc5)C(=O)[C@@]3(c3ccc(Cl)cc3)[C@H]4c3cccc(F)c3O)C2=O)cc1. The Morgan fingerprint density at radius 2 is 1.57 bits per heavy atom. The van der Waals surface area contributed by atoms with Crippen molar-refractivity contribution in [1.82, 2.24) is 5.01 Å². The molecule has 3 fully saturated rings. The van der Waals surface area contributed by atoms with Gasteiger partial charge in [-0.1, -0.05) is 66.6 Å². The Bertz CT molecular complexity index is 2140. The second kappa shape index (κ2) is 12.2. The lowest BCUT2D eigenvalue weighted by molar-refractivity contribution is -0.138. The van der Waals surface area contributed by atoms with Gasteiger partial charge in [-0.2, -0.15) is 5.01 Å². The molecule has 258 valence electrons. The van der Waals surface area contributed by atoms with Gasteiger partial charge in [0.1, 0.15) is 5.82 Å². The molecule has 2 aliphatic heterocycles. The van der Waals surface area contributed by atoms with Crippen LogP contribution in [0.3, 0.4) is 0 Å². The highest BCUT2D eigenvalue weighted by Crippen LogP contribution is 2.65. The van der Waals surface area contributed by atoms with Gasteiger partial charge in [0, 0.05) is 16.5 Å². The van der Waals surface area contributed by atoms with E-state index >= 15 is 9.18 Å². The summed E-state index contributed by atoms with van der Waals surface area (Å²) in [5.41, 5.74) is 3.93. The number of hydrogen-bond donors (Lipinski definition) is 2. The number of rotatable bonds is 6. The van der Waals surface area contributed by atoms with Crippen LogP contribution in [0.15, 0.2) is 103 Å². The molecule has 0 aromatic heterocycles. The molecule has 51 heavy (non-hydrogen) atoms. The van der Waals surface area contributed by atoms with Crippen molar-refractivity contribution in [2.75, 3.05) is 10.3 Å². The number of hydrazine groups is 1. The van der Waals surface area contributed by atoms with E-state index in [9.17, 15) is 23.9 Å². The zero-order valence-corrected chi connectivity index (χ0v) is 28.1. The fourth-order valence-corrected chi connectivity index (χ4v) is 9.03. The van der Waals surface area contributed by atoms with Gasteiger partial charge in [-0.15, -0.1) is 0 Å². The normalized spacial score (nSPS) is 26.9. The lowest BCUT2D eigenvalue weighted by Gasteiger charge is -2.50. The lowest BCUT2D eigenvalue weighted by Crippen LogP contribution is -2.53. The Balaban J connectivity index is 1.32. The highest BCUT2D eigenvalue weighted by atomic mass is 35.5. The van der Waals surface area contributed by atoms with Crippen molar-refractivity contribution in [3.8, 4) is 5.75 Å². The topological polar surface area (TPSA) is 107 Å². The van der Waals surface area contributed by atoms with E-state index in [1.165, 1.54) is 41.3 Å². The zero-order chi connectivity index (χ0) is 35.8. The average molecular weight is 708 g/mol. The fraction of sp³-hybridized carbons (Fsp3) is 0.250. The molecule has 2 aliphatic carbocycles. The van der Waals surface area contributed by atoms with E-state index < -0.39 is 70.1 Å². The minimum atomic E-state index is -1.74. The first-order chi connectivity index (χ1) is 24.6. The molecule has 0 spiro atoms. The minimum absolute atomic E-state index is 0.00993. The molecule has 4 aliphatic rings. The maximum Gasteiger partial charge on any atom is 0.260 e. The number of imide groups is 2. The molecule has 0 unspecified atom stereocenters. The summed E-state index contributed by atoms with van der Waals surface area (Å²) in [6.07, 6.45) is 2.79. The number of phenolic OH excluding ortho intramolecular Hbond substituents is 1. The van der Waals surface area contributed by atoms with Gasteiger partial charge in [0.2, 0.25) is 11.8 Å². The molecule has 4 amide bonds. The molecule has 0 radical (unpaired) electrons. The van der Waals surface area contributed by atoms with E-state index in [0.717, 1.165) is 23.1 Å². The van der Waals surface area contributed by atoms with Crippen molar-refractivity contribution in [1.29, 1.82) is 0 Å². The summed E-state index contributed by atoms with van der Waals surface area (Å²) >= 11 is 6.31. The molecule has 8 rings (SSSR count). The van der Waals surface area contributed by atoms with Crippen molar-refractivity contribution < 1.29 is 33.1 Å². The summed E-state index contributed by atoms with van der Waals surface area (Å²) in [6.45, 7) is 2.01. The number of carbonyl (C=O) groups excluding carboxylic acids is 4. The summed E-state index contributed by atoms with van der Waals surface area (Å²) in [5.74, 6) is -8.73. The molecule has 4 aromatic carbocycles. The smallest absolute Gasteiger partial charge is 0.260 e. The Labute approximate surface area is 297 Å². The van der Waals surface area contributed by atoms with Crippen LogP contribution in [0.1, 0.15) is 42.4 Å². The number of para-hydroxylation sites is 1. The molecule has 2 heterocycles. The summed E-state index contributed by atoms with van der Waals surface area (Å²) in [7, 11) is 0. The molecular weight excluding hydrogens is 676 g/mol. The standard InChI is InChI=1S/C40H32ClF2N3O5/c1-2-21-6-16-26(17-7-21)45-36(48)28-19-18-27-30(33(28)38(45)50)20-31-37(49)46(44-25-14-12-24(42)13-15-25)39(51)40(31,22-8-10-23(41)11-9-22)34(27)29-4-3-5-32(43)35(29)47/h3-18,28,30-31,33-34,44,47H,2,19-20H2,1H3/t28-,30+,31-,33-,34+,40+/m0/s1. The number of amides is 4. The summed E-state index contributed by atoms with van der Waals surface area (Å²) < 4.78 is 29.1. The fourth-order valence-electron chi connectivity index (χ4n) is 8.90. The van der Waals surface area contributed by atoms with Crippen LogP contribution in [0.4, 0.5) is 20.2 Å². The van der Waals surface area contributed by atoms with E-state index in [2.05, 4.69) is 5.43 Å². The first kappa shape index (κ1) is 32.8. The maximum absolute atomic E-state index is 15.3. The number of aryl methyl sites for hydroxylation is 1. The van der Waals surface area contributed by atoms with Gasteiger partial charge < -0.3 is 5.11 Å². The van der Waals surface area contributed by atoms with Crippen LogP contribution >= 0.6 is 11.6 Å². The molecule has 8 nitrogen and oxygen atoms in total. The van der Waals surface area contributed by atoms with Crippen LogP contribution in [-0.2, 0) is 31.0 Å². The first-order valence-electron chi connectivity index (χ1n) is 16.9. The third kappa shape index (κ3) is 4.83. The predicted octanol–water partition coefficient (Wildman–Crippen LogP) is 7.08. The molecule has 4 aromatic rings. The van der Waals surface area contributed by atoms with Gasteiger partial charge >= 0.3 is 0 Å². The average Bonchev–Trinajstić information content (AvgIpc) is 3.51. The van der Waals surface area contributed by atoms with E-state index in [1.54, 1.807) is 36.4 Å². The van der Waals surface area contributed by atoms with E-state index in [-0.39, 0.29) is 30.0 Å². The Hall–Kier alpha value is -5.35. The van der Waals surface area contributed by atoms with Crippen LogP contribution in [0.2, 0.25) is 5.02 Å². The molecule has 0 bridgehead atoms. The minimum Gasteiger partial charge on any atom is -0.505 e. The van der Waals surface area contributed by atoms with Gasteiger partial charge in [0.15, 0.2) is 11.6 Å². The van der Waals surface area contributed by atoms with Gasteiger partial charge in [-0.05, 0) is 90.9 Å². The molecule has 11 heteroatoms. The van der Waals surface area contributed by atoms with Gasteiger partial charge in [-0.25, -0.2) is 8.78 Å². The number of phenols is 1. The molecule has 6 atom stereocenters. The summed E-state index contributed by atoms with van der Waals surface area (Å²) in [4.78, 5) is 59.4. The number of aromatic hydroxyl groups is 1. The van der Waals surface area contributed by atoms with Gasteiger partial charge in [0.05, 0.1) is 34.5 Å². The third-order valence-corrected chi connectivity index (χ3v) is 11.4.